The van der Waals surface area contributed by atoms with Crippen LogP contribution in [0.3, 0.4) is 0 Å². The van der Waals surface area contributed by atoms with Crippen LogP contribution in [-0.4, -0.2) is 24.1 Å². The van der Waals surface area contributed by atoms with Gasteiger partial charge < -0.3 is 15.8 Å². The lowest BCUT2D eigenvalue weighted by Crippen LogP contribution is -2.35. The van der Waals surface area contributed by atoms with Gasteiger partial charge in [0.1, 0.15) is 17.7 Å². The maximum atomic E-state index is 11.5. The zero-order chi connectivity index (χ0) is 12.1. The largest absolute Gasteiger partial charge is 0.467 e. The minimum atomic E-state index is -0.417. The number of nitrogens with two attached hydrogens (primary N) is 1. The molecule has 1 rings (SSSR count). The van der Waals surface area contributed by atoms with Crippen molar-refractivity contribution in [3.63, 3.8) is 0 Å². The first-order valence-corrected chi connectivity index (χ1v) is 5.11. The smallest absolute Gasteiger partial charge is 0.328 e. The minimum absolute atomic E-state index is 0.107. The van der Waals surface area contributed by atoms with Crippen molar-refractivity contribution >= 4 is 17.6 Å². The summed E-state index contributed by atoms with van der Waals surface area (Å²) in [4.78, 5) is 15.6. The van der Waals surface area contributed by atoms with Crippen LogP contribution < -0.4 is 11.1 Å². The number of nitrogen functional groups attached to an aromatic ring is 1. The lowest BCUT2D eigenvalue weighted by atomic mass is 10.0. The number of nitrogens with zero attached hydrogens (tertiary/aromatic N) is 1. The van der Waals surface area contributed by atoms with Gasteiger partial charge in [0, 0.05) is 0 Å². The normalized spacial score (nSPS) is 12.2. The molecule has 0 radical (unpaired) electrons. The third-order valence-electron chi connectivity index (χ3n) is 2.20. The average molecular weight is 223 g/mol. The van der Waals surface area contributed by atoms with Gasteiger partial charge >= 0.3 is 5.97 Å². The third kappa shape index (κ3) is 3.12. The average Bonchev–Trinajstić information content (AvgIpc) is 2.24. The van der Waals surface area contributed by atoms with E-state index in [1.807, 2.05) is 13.8 Å². The van der Waals surface area contributed by atoms with Crippen LogP contribution in [0.25, 0.3) is 0 Å². The highest BCUT2D eigenvalue weighted by atomic mass is 16.5. The molecule has 0 spiro atoms. The topological polar surface area (TPSA) is 77.2 Å². The van der Waals surface area contributed by atoms with E-state index in [0.717, 1.165) is 0 Å². The van der Waals surface area contributed by atoms with Crippen LogP contribution in [0.1, 0.15) is 13.8 Å². The van der Waals surface area contributed by atoms with Crippen LogP contribution in [0.5, 0.6) is 0 Å². The predicted octanol–water partition coefficient (Wildman–Crippen LogP) is 1.27. The number of carbonyl (C=O) groups excluding carboxylic acids is 1. The number of pyridine rings is 1. The van der Waals surface area contributed by atoms with Crippen molar-refractivity contribution in [3.8, 4) is 0 Å². The van der Waals surface area contributed by atoms with Gasteiger partial charge in [-0.1, -0.05) is 19.9 Å². The van der Waals surface area contributed by atoms with E-state index in [1.54, 1.807) is 18.2 Å². The van der Waals surface area contributed by atoms with Gasteiger partial charge in [0.15, 0.2) is 0 Å². The number of hydrogen-bond acceptors (Lipinski definition) is 5. The lowest BCUT2D eigenvalue weighted by Gasteiger charge is -2.20. The lowest BCUT2D eigenvalue weighted by molar-refractivity contribution is -0.142. The van der Waals surface area contributed by atoms with E-state index in [-0.39, 0.29) is 11.9 Å². The van der Waals surface area contributed by atoms with Crippen LogP contribution in [0.15, 0.2) is 18.2 Å². The molecule has 1 atom stereocenters. The Morgan fingerprint density at radius 2 is 2.19 bits per heavy atom. The van der Waals surface area contributed by atoms with Gasteiger partial charge in [-0.3, -0.25) is 0 Å². The molecule has 1 unspecified atom stereocenters. The quantitative estimate of drug-likeness (QED) is 0.752. The minimum Gasteiger partial charge on any atom is -0.467 e. The van der Waals surface area contributed by atoms with Crippen LogP contribution >= 0.6 is 0 Å². The first-order valence-electron chi connectivity index (χ1n) is 5.11. The first kappa shape index (κ1) is 12.3. The van der Waals surface area contributed by atoms with E-state index in [9.17, 15) is 4.79 Å². The standard InChI is InChI=1S/C11H17N3O2/c1-7(2)10(11(15)16-3)14-9-6-4-5-8(12)13-9/h4-7,10H,1-3H3,(H3,12,13,14). The van der Waals surface area contributed by atoms with E-state index in [1.165, 1.54) is 7.11 Å². The Morgan fingerprint density at radius 1 is 1.50 bits per heavy atom. The van der Waals surface area contributed by atoms with E-state index in [0.29, 0.717) is 11.6 Å². The summed E-state index contributed by atoms with van der Waals surface area (Å²) in [7, 11) is 1.37. The summed E-state index contributed by atoms with van der Waals surface area (Å²) >= 11 is 0. The van der Waals surface area contributed by atoms with Crippen molar-refractivity contribution in [2.75, 3.05) is 18.2 Å². The fourth-order valence-electron chi connectivity index (χ4n) is 1.32. The molecule has 0 amide bonds. The highest BCUT2D eigenvalue weighted by Crippen LogP contribution is 2.12. The van der Waals surface area contributed by atoms with Gasteiger partial charge in [-0.2, -0.15) is 0 Å². The number of anilines is 2. The van der Waals surface area contributed by atoms with Gasteiger partial charge in [-0.15, -0.1) is 0 Å². The summed E-state index contributed by atoms with van der Waals surface area (Å²) in [6, 6.07) is 4.81. The number of ether oxygens (including phenoxy) is 1. The molecule has 1 aromatic rings. The summed E-state index contributed by atoms with van der Waals surface area (Å²) in [6.45, 7) is 3.86. The molecule has 0 saturated carbocycles. The summed E-state index contributed by atoms with van der Waals surface area (Å²) in [5, 5.41) is 3.00. The molecule has 88 valence electrons. The van der Waals surface area contributed by atoms with E-state index in [4.69, 9.17) is 10.5 Å². The summed E-state index contributed by atoms with van der Waals surface area (Å²) < 4.78 is 4.72. The van der Waals surface area contributed by atoms with Crippen molar-refractivity contribution in [1.29, 1.82) is 0 Å². The van der Waals surface area contributed by atoms with Crippen LogP contribution in [0, 0.1) is 5.92 Å². The molecule has 0 aliphatic rings. The number of carbonyl (C=O) groups is 1. The molecule has 0 aliphatic carbocycles. The number of nitrogens with one attached hydrogen (secondary N) is 1. The van der Waals surface area contributed by atoms with Gasteiger partial charge in [-0.05, 0) is 18.1 Å². The SMILES string of the molecule is COC(=O)C(Nc1cccc(N)n1)C(C)C. The van der Waals surface area contributed by atoms with Gasteiger partial charge in [0.25, 0.3) is 0 Å². The first-order chi connectivity index (χ1) is 7.54. The van der Waals surface area contributed by atoms with Gasteiger partial charge in [0.05, 0.1) is 7.11 Å². The Bertz CT molecular complexity index is 366. The molecule has 5 nitrogen and oxygen atoms in total. The van der Waals surface area contributed by atoms with E-state index in [2.05, 4.69) is 10.3 Å². The third-order valence-corrected chi connectivity index (χ3v) is 2.20. The monoisotopic (exact) mass is 223 g/mol. The Hall–Kier alpha value is -1.78. The molecule has 0 fully saturated rings. The second kappa shape index (κ2) is 5.34. The zero-order valence-electron chi connectivity index (χ0n) is 9.73. The van der Waals surface area contributed by atoms with Crippen molar-refractivity contribution in [1.82, 2.24) is 4.98 Å². The fourth-order valence-corrected chi connectivity index (χ4v) is 1.32. The van der Waals surface area contributed by atoms with Crippen molar-refractivity contribution in [3.05, 3.63) is 18.2 Å². The van der Waals surface area contributed by atoms with Gasteiger partial charge in [-0.25, -0.2) is 9.78 Å². The molecular formula is C11H17N3O2. The highest BCUT2D eigenvalue weighted by molar-refractivity contribution is 5.79. The maximum Gasteiger partial charge on any atom is 0.328 e. The number of aromatic nitrogens is 1. The Morgan fingerprint density at radius 3 is 2.69 bits per heavy atom. The van der Waals surface area contributed by atoms with Crippen LogP contribution in [0.2, 0.25) is 0 Å². The van der Waals surface area contributed by atoms with E-state index < -0.39 is 6.04 Å². The molecule has 16 heavy (non-hydrogen) atoms. The maximum absolute atomic E-state index is 11.5. The Balaban J connectivity index is 2.79. The molecule has 1 aromatic heterocycles. The molecule has 5 heteroatoms. The zero-order valence-corrected chi connectivity index (χ0v) is 9.73. The molecule has 0 saturated heterocycles. The summed E-state index contributed by atoms with van der Waals surface area (Å²) in [5.74, 6) is 0.788. The number of methoxy groups -OCH3 is 1. The van der Waals surface area contributed by atoms with Gasteiger partial charge in [0.2, 0.25) is 0 Å². The number of hydrogen-bond donors (Lipinski definition) is 2. The van der Waals surface area contributed by atoms with Crippen molar-refractivity contribution < 1.29 is 9.53 Å². The molecular weight excluding hydrogens is 206 g/mol. The van der Waals surface area contributed by atoms with E-state index >= 15 is 0 Å². The molecule has 0 bridgehead atoms. The summed E-state index contributed by atoms with van der Waals surface area (Å²) in [6.07, 6.45) is 0. The highest BCUT2D eigenvalue weighted by Gasteiger charge is 2.22. The fraction of sp³-hybridized carbons (Fsp3) is 0.455. The van der Waals surface area contributed by atoms with Crippen LogP contribution in [0.4, 0.5) is 11.6 Å². The van der Waals surface area contributed by atoms with Crippen molar-refractivity contribution in [2.24, 2.45) is 5.92 Å². The number of rotatable bonds is 4. The van der Waals surface area contributed by atoms with Crippen molar-refractivity contribution in [2.45, 2.75) is 19.9 Å². The summed E-state index contributed by atoms with van der Waals surface area (Å²) in [5.41, 5.74) is 5.55. The molecule has 3 N–H and O–H groups in total. The van der Waals surface area contributed by atoms with Crippen LogP contribution in [-0.2, 0) is 9.53 Å². The second-order valence-electron chi connectivity index (χ2n) is 3.84. The Kier molecular flexibility index (Phi) is 4.10. The molecule has 0 aliphatic heterocycles. The molecule has 0 aromatic carbocycles. The Labute approximate surface area is 95.0 Å². The predicted molar refractivity (Wildman–Crippen MR) is 62.9 cm³/mol. The second-order valence-corrected chi connectivity index (χ2v) is 3.84. The molecule has 1 heterocycles. The number of esters is 1.